The van der Waals surface area contributed by atoms with E-state index < -0.39 is 8.67 Å². The molecule has 0 amide bonds. The molecule has 2 rings (SSSR count). The number of rotatable bonds is 1. The molecule has 110 valence electrons. The molecule has 0 N–H and O–H groups in total. The van der Waals surface area contributed by atoms with Crippen molar-refractivity contribution in [2.24, 2.45) is 0 Å². The van der Waals surface area contributed by atoms with Crippen LogP contribution in [0.3, 0.4) is 0 Å². The molecule has 2 aliphatic rings. The standard InChI is InChI=1S/C10Cl10/c11-3-1(9(17,18)7(15)5(3)13)2-4(12)6(14)8(16)10(2,19)20. The Kier molecular flexibility index (Phi) is 5.22. The molecule has 0 unspecified atom stereocenters. The van der Waals surface area contributed by atoms with Crippen molar-refractivity contribution in [3.8, 4) is 0 Å². The molecule has 2 aliphatic carbocycles. The molecule has 0 aromatic carbocycles. The fraction of sp³-hybridized carbons (Fsp3) is 0.200. The van der Waals surface area contributed by atoms with E-state index in [1.54, 1.807) is 0 Å². The van der Waals surface area contributed by atoms with Crippen LogP contribution in [0.2, 0.25) is 0 Å². The average molecular weight is 475 g/mol. The largest absolute Gasteiger partial charge is 0.181 e. The summed E-state index contributed by atoms with van der Waals surface area (Å²) in [5.74, 6) is 0. The minimum Gasteiger partial charge on any atom is -0.0898 e. The summed E-state index contributed by atoms with van der Waals surface area (Å²) < 4.78 is -3.53. The van der Waals surface area contributed by atoms with Gasteiger partial charge in [-0.15, -0.1) is 0 Å². The number of alkyl halides is 4. The van der Waals surface area contributed by atoms with Crippen molar-refractivity contribution in [3.63, 3.8) is 0 Å². The highest BCUT2D eigenvalue weighted by atomic mass is 35.5. The Morgan fingerprint density at radius 2 is 0.700 bits per heavy atom. The fourth-order valence-corrected chi connectivity index (χ4v) is 4.85. The van der Waals surface area contributed by atoms with Crippen LogP contribution in [0.1, 0.15) is 0 Å². The van der Waals surface area contributed by atoms with Crippen LogP contribution >= 0.6 is 116 Å². The van der Waals surface area contributed by atoms with Crippen molar-refractivity contribution in [3.05, 3.63) is 41.3 Å². The molecule has 0 heterocycles. The van der Waals surface area contributed by atoms with Crippen LogP contribution in [0.25, 0.3) is 0 Å². The van der Waals surface area contributed by atoms with Crippen LogP contribution in [0.4, 0.5) is 0 Å². The first-order chi connectivity index (χ1) is 8.95. The predicted molar refractivity (Wildman–Crippen MR) is 92.1 cm³/mol. The van der Waals surface area contributed by atoms with E-state index in [1.807, 2.05) is 0 Å². The smallest absolute Gasteiger partial charge is 0.0898 e. The van der Waals surface area contributed by atoms with E-state index >= 15 is 0 Å². The van der Waals surface area contributed by atoms with E-state index in [-0.39, 0.29) is 41.3 Å². The van der Waals surface area contributed by atoms with E-state index in [4.69, 9.17) is 116 Å². The monoisotopic (exact) mass is 470 g/mol. The quantitative estimate of drug-likeness (QED) is 0.341. The summed E-state index contributed by atoms with van der Waals surface area (Å²) in [6, 6.07) is 0. The van der Waals surface area contributed by atoms with E-state index in [0.717, 1.165) is 0 Å². The van der Waals surface area contributed by atoms with Gasteiger partial charge >= 0.3 is 0 Å². The molecular weight excluding hydrogens is 475 g/mol. The van der Waals surface area contributed by atoms with Gasteiger partial charge in [0.2, 0.25) is 0 Å². The van der Waals surface area contributed by atoms with Crippen molar-refractivity contribution in [2.45, 2.75) is 8.67 Å². The SMILES string of the molecule is ClC1=C(Cl)C(Cl)(Cl)C(C2=C(Cl)C(Cl)=C(Cl)C2(Cl)Cl)=C1Cl. The fourth-order valence-electron chi connectivity index (χ4n) is 1.72. The zero-order valence-corrected chi connectivity index (χ0v) is 16.3. The molecule has 0 saturated heterocycles. The second-order valence-corrected chi connectivity index (χ2v) is 8.71. The molecule has 0 radical (unpaired) electrons. The highest BCUT2D eigenvalue weighted by molar-refractivity contribution is 6.66. The Labute approximate surface area is 164 Å². The summed E-state index contributed by atoms with van der Waals surface area (Å²) in [7, 11) is 0. The maximum atomic E-state index is 6.18. The summed E-state index contributed by atoms with van der Waals surface area (Å²) in [5.41, 5.74) is 0.0857. The van der Waals surface area contributed by atoms with Crippen molar-refractivity contribution in [1.29, 1.82) is 0 Å². The van der Waals surface area contributed by atoms with Gasteiger partial charge in [-0.05, 0) is 0 Å². The normalized spacial score (nSPS) is 25.5. The van der Waals surface area contributed by atoms with E-state index in [1.165, 1.54) is 0 Å². The summed E-state index contributed by atoms with van der Waals surface area (Å²) in [4.78, 5) is 0. The Morgan fingerprint density at radius 1 is 0.450 bits per heavy atom. The first-order valence-corrected chi connectivity index (χ1v) is 8.42. The Bertz CT molecular complexity index is 574. The molecule has 0 aliphatic heterocycles. The lowest BCUT2D eigenvalue weighted by Crippen LogP contribution is -2.24. The maximum Gasteiger partial charge on any atom is 0.181 e. The highest BCUT2D eigenvalue weighted by Crippen LogP contribution is 2.63. The first-order valence-electron chi connectivity index (χ1n) is 4.64. The molecule has 0 saturated carbocycles. The predicted octanol–water partition coefficient (Wildman–Crippen LogP) is 7.73. The molecule has 10 heteroatoms. The Hall–Kier alpha value is 1.86. The molecule has 20 heavy (non-hydrogen) atoms. The van der Waals surface area contributed by atoms with Crippen molar-refractivity contribution >= 4 is 116 Å². The molecule has 0 nitrogen and oxygen atoms in total. The van der Waals surface area contributed by atoms with Crippen LogP contribution in [0, 0.1) is 0 Å². The summed E-state index contributed by atoms with van der Waals surface area (Å²) in [5, 5.41) is -0.319. The van der Waals surface area contributed by atoms with E-state index in [9.17, 15) is 0 Å². The van der Waals surface area contributed by atoms with Gasteiger partial charge in [0.15, 0.2) is 8.67 Å². The lowest BCUT2D eigenvalue weighted by Gasteiger charge is -2.26. The van der Waals surface area contributed by atoms with Gasteiger partial charge in [0.05, 0.1) is 30.2 Å². The first kappa shape index (κ1) is 18.2. The minimum atomic E-state index is -1.76. The van der Waals surface area contributed by atoms with Gasteiger partial charge in [-0.2, -0.15) is 0 Å². The third kappa shape index (κ3) is 2.44. The summed E-state index contributed by atoms with van der Waals surface area (Å²) in [6.07, 6.45) is 0. The molecule has 0 bridgehead atoms. The van der Waals surface area contributed by atoms with Gasteiger partial charge in [-0.25, -0.2) is 0 Å². The van der Waals surface area contributed by atoms with Gasteiger partial charge in [0, 0.05) is 11.1 Å². The van der Waals surface area contributed by atoms with Gasteiger partial charge in [0.1, 0.15) is 0 Å². The molecule has 0 atom stereocenters. The van der Waals surface area contributed by atoms with Crippen LogP contribution in [-0.4, -0.2) is 8.67 Å². The van der Waals surface area contributed by atoms with Crippen LogP contribution in [0.15, 0.2) is 41.3 Å². The molecule has 0 fully saturated rings. The molecule has 0 aromatic rings. The number of hydrogen-bond donors (Lipinski definition) is 0. The van der Waals surface area contributed by atoms with Gasteiger partial charge in [-0.1, -0.05) is 116 Å². The van der Waals surface area contributed by atoms with E-state index in [0.29, 0.717) is 0 Å². The summed E-state index contributed by atoms with van der Waals surface area (Å²) >= 11 is 60.7. The van der Waals surface area contributed by atoms with Gasteiger partial charge < -0.3 is 0 Å². The zero-order chi connectivity index (χ0) is 15.6. The Balaban J connectivity index is 2.73. The average Bonchev–Trinajstić information content (AvgIpc) is 2.59. The third-order valence-electron chi connectivity index (χ3n) is 2.64. The molecular formula is C10Cl10. The zero-order valence-electron chi connectivity index (χ0n) is 8.78. The lowest BCUT2D eigenvalue weighted by atomic mass is 10.0. The number of hydrogen-bond acceptors (Lipinski definition) is 0. The van der Waals surface area contributed by atoms with E-state index in [2.05, 4.69) is 0 Å². The number of halogens is 10. The van der Waals surface area contributed by atoms with Gasteiger partial charge in [0.25, 0.3) is 0 Å². The minimum absolute atomic E-state index is 0.0312. The lowest BCUT2D eigenvalue weighted by molar-refractivity contribution is 1.06. The maximum absolute atomic E-state index is 6.18. The number of allylic oxidation sites excluding steroid dienone is 8. The van der Waals surface area contributed by atoms with Crippen LogP contribution in [0.5, 0.6) is 0 Å². The highest BCUT2D eigenvalue weighted by Gasteiger charge is 2.54. The second kappa shape index (κ2) is 5.74. The van der Waals surface area contributed by atoms with Crippen LogP contribution in [-0.2, 0) is 0 Å². The summed E-state index contributed by atoms with van der Waals surface area (Å²) in [6.45, 7) is 0. The second-order valence-electron chi connectivity index (χ2n) is 3.78. The van der Waals surface area contributed by atoms with Crippen molar-refractivity contribution in [1.82, 2.24) is 0 Å². The third-order valence-corrected chi connectivity index (χ3v) is 7.38. The molecule has 0 spiro atoms. The Morgan fingerprint density at radius 3 is 0.850 bits per heavy atom. The van der Waals surface area contributed by atoms with Crippen LogP contribution < -0.4 is 0 Å². The van der Waals surface area contributed by atoms with Gasteiger partial charge in [-0.3, -0.25) is 0 Å². The topological polar surface area (TPSA) is 0 Å². The van der Waals surface area contributed by atoms with Crippen molar-refractivity contribution in [2.75, 3.05) is 0 Å². The molecule has 0 aromatic heterocycles. The van der Waals surface area contributed by atoms with Crippen molar-refractivity contribution < 1.29 is 0 Å².